The van der Waals surface area contributed by atoms with Crippen molar-refractivity contribution >= 4 is 17.4 Å². The van der Waals surface area contributed by atoms with E-state index in [2.05, 4.69) is 70.3 Å². The number of carboxylic acids is 1. The highest BCUT2D eigenvalue weighted by atomic mass is 16.4. The van der Waals surface area contributed by atoms with E-state index in [0.29, 0.717) is 47.6 Å². The molecule has 1 aromatic carbocycles. The number of aromatic nitrogens is 1. The zero-order chi connectivity index (χ0) is 37.4. The van der Waals surface area contributed by atoms with E-state index in [1.165, 1.54) is 36.8 Å². The van der Waals surface area contributed by atoms with E-state index in [1.807, 2.05) is 49.7 Å². The molecule has 9 atom stereocenters. The number of pyridine rings is 1. The van der Waals surface area contributed by atoms with Gasteiger partial charge in [-0.2, -0.15) is 0 Å². The van der Waals surface area contributed by atoms with Crippen LogP contribution in [0.15, 0.2) is 67.0 Å². The van der Waals surface area contributed by atoms with Gasteiger partial charge in [0.1, 0.15) is 0 Å². The van der Waals surface area contributed by atoms with Crippen LogP contribution in [0.3, 0.4) is 0 Å². The lowest BCUT2D eigenvalue weighted by atomic mass is 9.32. The Morgan fingerprint density at radius 3 is 2.27 bits per heavy atom. The Labute approximate surface area is 313 Å². The van der Waals surface area contributed by atoms with Gasteiger partial charge >= 0.3 is 5.97 Å². The van der Waals surface area contributed by atoms with Crippen LogP contribution in [-0.4, -0.2) is 52.6 Å². The number of aromatic carboxylic acids is 1. The first-order chi connectivity index (χ1) is 24.5. The molecular weight excluding hydrogens is 643 g/mol. The highest BCUT2D eigenvalue weighted by Gasteiger charge is 2.71. The molecular formula is C46H63N3O3. The molecule has 5 aliphatic carbocycles. The lowest BCUT2D eigenvalue weighted by Gasteiger charge is -2.72. The fraction of sp³-hybridized carbons (Fsp3) is 0.630. The van der Waals surface area contributed by atoms with Crippen molar-refractivity contribution in [2.75, 3.05) is 20.6 Å². The van der Waals surface area contributed by atoms with Crippen molar-refractivity contribution in [3.8, 4) is 0 Å². The molecule has 280 valence electrons. The van der Waals surface area contributed by atoms with Gasteiger partial charge in [0.15, 0.2) is 0 Å². The van der Waals surface area contributed by atoms with Crippen LogP contribution >= 0.6 is 0 Å². The summed E-state index contributed by atoms with van der Waals surface area (Å²) in [5, 5.41) is 13.6. The number of carbonyl (C=O) groups excluding carboxylic acids is 1. The minimum absolute atomic E-state index is 0.0209. The first kappa shape index (κ1) is 37.1. The first-order valence-electron chi connectivity index (χ1n) is 20.1. The lowest BCUT2D eigenvalue weighted by Crippen LogP contribution is -2.66. The summed E-state index contributed by atoms with van der Waals surface area (Å²) in [5.41, 5.74) is 5.45. The monoisotopic (exact) mass is 705 g/mol. The summed E-state index contributed by atoms with van der Waals surface area (Å²) in [4.78, 5) is 31.1. The number of hydrazine groups is 1. The zero-order valence-corrected chi connectivity index (χ0v) is 33.2. The Balaban J connectivity index is 1.21. The molecule has 2 aromatic rings. The summed E-state index contributed by atoms with van der Waals surface area (Å²) < 4.78 is 0. The second-order valence-corrected chi connectivity index (χ2v) is 19.2. The minimum Gasteiger partial charge on any atom is -0.478 e. The van der Waals surface area contributed by atoms with Gasteiger partial charge in [0.25, 0.3) is 0 Å². The highest BCUT2D eigenvalue weighted by molar-refractivity contribution is 5.88. The summed E-state index contributed by atoms with van der Waals surface area (Å²) in [6.07, 6.45) is 17.1. The molecule has 0 spiro atoms. The van der Waals surface area contributed by atoms with Crippen LogP contribution in [0, 0.1) is 56.7 Å². The molecule has 1 amide bonds. The van der Waals surface area contributed by atoms with E-state index >= 15 is 4.79 Å². The number of carbonyl (C=O) groups is 2. The average Bonchev–Trinajstić information content (AvgIpc) is 3.50. The van der Waals surface area contributed by atoms with Crippen LogP contribution in [-0.2, 0) is 11.2 Å². The van der Waals surface area contributed by atoms with Gasteiger partial charge in [0, 0.05) is 33.0 Å². The number of hydrogen-bond donors (Lipinski definition) is 1. The Kier molecular flexibility index (Phi) is 9.24. The largest absolute Gasteiger partial charge is 0.478 e. The van der Waals surface area contributed by atoms with Crippen LogP contribution in [0.4, 0.5) is 0 Å². The molecule has 4 fully saturated rings. The van der Waals surface area contributed by atoms with Gasteiger partial charge in [-0.15, -0.1) is 0 Å². The molecule has 6 nitrogen and oxygen atoms in total. The van der Waals surface area contributed by atoms with Crippen LogP contribution < -0.4 is 0 Å². The van der Waals surface area contributed by atoms with Gasteiger partial charge in [-0.25, -0.2) is 9.80 Å². The summed E-state index contributed by atoms with van der Waals surface area (Å²) in [5.74, 6) is 1.82. The molecule has 0 bridgehead atoms. The Morgan fingerprint density at radius 1 is 0.904 bits per heavy atom. The minimum atomic E-state index is -0.876. The van der Waals surface area contributed by atoms with Crippen molar-refractivity contribution in [3.63, 3.8) is 0 Å². The van der Waals surface area contributed by atoms with Gasteiger partial charge < -0.3 is 5.11 Å². The van der Waals surface area contributed by atoms with Gasteiger partial charge in [-0.1, -0.05) is 71.0 Å². The van der Waals surface area contributed by atoms with Crippen LogP contribution in [0.1, 0.15) is 121 Å². The van der Waals surface area contributed by atoms with Crippen molar-refractivity contribution in [2.45, 2.75) is 106 Å². The summed E-state index contributed by atoms with van der Waals surface area (Å²) >= 11 is 0. The van der Waals surface area contributed by atoms with E-state index < -0.39 is 5.97 Å². The number of hydrogen-bond acceptors (Lipinski definition) is 4. The SMILES string of the molecule is C=C(C)[C@@H]1CC[C@]2(C(=O)N(CCc3cccnc3)N(C)C)CC[C@]3(C)[C@H](CC[C@@H]4[C@@]5(C)CC=C(c6ccc(C(=O)O)cc6)C(C)(C)[C@@H]5CC[C@]43C)[C@@H]12. The average molecular weight is 706 g/mol. The van der Waals surface area contributed by atoms with Gasteiger partial charge in [0.2, 0.25) is 5.91 Å². The standard InChI is InChI=1S/C46H63N3O3/c1-30(2)34-18-24-46(41(52)49(48(8)9)28-21-31-11-10-27-47-29-31)26-25-44(6)36(39(34)46)16-17-38-43(5)22-19-35(32-12-14-33(15-13-32)40(50)51)42(3,4)37(43)20-23-45(38,44)7/h10-15,19,27,29,34,36-39H,1,16-18,20-26,28H2,2-9H3,(H,50,51)/t34-,36+,37-,38+,39+,43-,44+,45+,46-/m0/s1. The van der Waals surface area contributed by atoms with E-state index in [0.717, 1.165) is 49.7 Å². The van der Waals surface area contributed by atoms with Gasteiger partial charge in [-0.3, -0.25) is 14.8 Å². The molecule has 6 heteroatoms. The van der Waals surface area contributed by atoms with E-state index in [9.17, 15) is 9.90 Å². The second kappa shape index (κ2) is 13.0. The quantitative estimate of drug-likeness (QED) is 0.219. The molecule has 0 unspecified atom stereocenters. The fourth-order valence-corrected chi connectivity index (χ4v) is 13.9. The highest BCUT2D eigenvalue weighted by Crippen LogP contribution is 2.78. The maximum atomic E-state index is 15.2. The van der Waals surface area contributed by atoms with Gasteiger partial charge in [-0.05, 0) is 157 Å². The summed E-state index contributed by atoms with van der Waals surface area (Å²) in [6, 6.07) is 11.7. The maximum Gasteiger partial charge on any atom is 0.335 e. The molecule has 0 saturated heterocycles. The second-order valence-electron chi connectivity index (χ2n) is 19.2. The van der Waals surface area contributed by atoms with Crippen molar-refractivity contribution < 1.29 is 14.7 Å². The van der Waals surface area contributed by atoms with Crippen LogP contribution in [0.25, 0.3) is 5.57 Å². The molecule has 0 aliphatic heterocycles. The number of allylic oxidation sites excluding steroid dienone is 3. The third-order valence-corrected chi connectivity index (χ3v) is 16.6. The fourth-order valence-electron chi connectivity index (χ4n) is 13.9. The molecule has 1 N–H and O–H groups in total. The predicted octanol–water partition coefficient (Wildman–Crippen LogP) is 9.98. The lowest BCUT2D eigenvalue weighted by molar-refractivity contribution is -0.228. The molecule has 1 heterocycles. The van der Waals surface area contributed by atoms with Crippen LogP contribution in [0.2, 0.25) is 0 Å². The van der Waals surface area contributed by atoms with E-state index in [1.54, 1.807) is 12.1 Å². The number of carboxylic acid groups (broad SMARTS) is 1. The number of nitrogens with zero attached hydrogens (tertiary/aromatic N) is 3. The molecule has 7 rings (SSSR count). The molecule has 0 radical (unpaired) electrons. The van der Waals surface area contributed by atoms with Crippen molar-refractivity contribution in [1.82, 2.24) is 15.0 Å². The van der Waals surface area contributed by atoms with Crippen LogP contribution in [0.5, 0.6) is 0 Å². The Morgan fingerprint density at radius 2 is 1.63 bits per heavy atom. The van der Waals surface area contributed by atoms with Crippen molar-refractivity contribution in [3.05, 3.63) is 83.7 Å². The van der Waals surface area contributed by atoms with Crippen molar-refractivity contribution in [1.29, 1.82) is 0 Å². The molecule has 5 aliphatic rings. The number of benzene rings is 1. The van der Waals surface area contributed by atoms with Crippen molar-refractivity contribution in [2.24, 2.45) is 56.7 Å². The predicted molar refractivity (Wildman–Crippen MR) is 209 cm³/mol. The normalized spacial score (nSPS) is 37.6. The summed E-state index contributed by atoms with van der Waals surface area (Å²) in [6.45, 7) is 20.3. The number of amides is 1. The third kappa shape index (κ3) is 5.39. The molecule has 1 aromatic heterocycles. The van der Waals surface area contributed by atoms with Gasteiger partial charge in [0.05, 0.1) is 11.0 Å². The number of fused-ring (bicyclic) bond motifs is 7. The first-order valence-corrected chi connectivity index (χ1v) is 20.1. The summed E-state index contributed by atoms with van der Waals surface area (Å²) in [7, 11) is 4.07. The Bertz CT molecular complexity index is 1750. The smallest absolute Gasteiger partial charge is 0.335 e. The molecule has 52 heavy (non-hydrogen) atoms. The van der Waals surface area contributed by atoms with E-state index in [4.69, 9.17) is 0 Å². The zero-order valence-electron chi connectivity index (χ0n) is 33.2. The maximum absolute atomic E-state index is 15.2. The Hall–Kier alpha value is -3.25. The van der Waals surface area contributed by atoms with E-state index in [-0.39, 0.29) is 27.1 Å². The molecule has 4 saturated carbocycles. The third-order valence-electron chi connectivity index (χ3n) is 16.6. The number of rotatable bonds is 8. The topological polar surface area (TPSA) is 73.7 Å².